The number of hydrogen-bond acceptors (Lipinski definition) is 2. The Morgan fingerprint density at radius 3 is 2.65 bits per heavy atom. The van der Waals surface area contributed by atoms with Crippen molar-refractivity contribution in [2.45, 2.75) is 44.3 Å². The molecule has 2 aliphatic heterocycles. The molecule has 1 N–H and O–H groups in total. The molecule has 0 spiro atoms. The van der Waals surface area contributed by atoms with Gasteiger partial charge in [-0.25, -0.2) is 4.39 Å². The molecule has 2 atom stereocenters. The van der Waals surface area contributed by atoms with Crippen LogP contribution >= 0.6 is 11.6 Å². The van der Waals surface area contributed by atoms with Crippen molar-refractivity contribution in [1.29, 1.82) is 0 Å². The second-order valence-electron chi connectivity index (χ2n) is 6.25. The predicted molar refractivity (Wildman–Crippen MR) is 80.4 cm³/mol. The van der Waals surface area contributed by atoms with Gasteiger partial charge < -0.3 is 10.2 Å². The molecule has 3 rings (SSSR count). The van der Waals surface area contributed by atoms with E-state index in [1.807, 2.05) is 0 Å². The summed E-state index contributed by atoms with van der Waals surface area (Å²) in [4.78, 5) is 2.55. The largest absolute Gasteiger partial charge is 0.312 e. The van der Waals surface area contributed by atoms with Crippen LogP contribution in [0.15, 0.2) is 18.2 Å². The van der Waals surface area contributed by atoms with Gasteiger partial charge in [0.05, 0.1) is 0 Å². The van der Waals surface area contributed by atoms with E-state index in [2.05, 4.69) is 17.3 Å². The number of hydrogen-bond donors (Lipinski definition) is 1. The van der Waals surface area contributed by atoms with Gasteiger partial charge in [-0.3, -0.25) is 0 Å². The van der Waals surface area contributed by atoms with E-state index in [4.69, 9.17) is 11.6 Å². The fourth-order valence-corrected chi connectivity index (χ4v) is 3.93. The van der Waals surface area contributed by atoms with E-state index in [1.165, 1.54) is 31.7 Å². The maximum atomic E-state index is 13.7. The molecule has 2 aliphatic rings. The molecule has 0 aliphatic carbocycles. The first-order valence-electron chi connectivity index (χ1n) is 7.50. The Morgan fingerprint density at radius 2 is 2.00 bits per heavy atom. The molecule has 2 unspecified atom stereocenters. The minimum absolute atomic E-state index is 0.214. The average Bonchev–Trinajstić information content (AvgIpc) is 2.64. The molecule has 2 saturated heterocycles. The van der Waals surface area contributed by atoms with Gasteiger partial charge in [-0.2, -0.15) is 0 Å². The van der Waals surface area contributed by atoms with Crippen LogP contribution in [0.25, 0.3) is 0 Å². The lowest BCUT2D eigenvalue weighted by molar-refractivity contribution is 0.133. The minimum Gasteiger partial charge on any atom is -0.312 e. The standard InChI is InChI=1S/C16H22ClFN2/c1-20-14-4-5-15(20)7-11(6-14)9-19-10-12-2-3-13(17)8-16(12)18/h2-3,8,11,14-15,19H,4-7,9-10H2,1H3. The lowest BCUT2D eigenvalue weighted by Gasteiger charge is -2.36. The van der Waals surface area contributed by atoms with Crippen LogP contribution in [0.4, 0.5) is 4.39 Å². The summed E-state index contributed by atoms with van der Waals surface area (Å²) < 4.78 is 13.7. The Morgan fingerprint density at radius 1 is 1.30 bits per heavy atom. The molecule has 2 fully saturated rings. The Hall–Kier alpha value is -0.640. The van der Waals surface area contributed by atoms with Crippen LogP contribution in [0, 0.1) is 11.7 Å². The average molecular weight is 297 g/mol. The van der Waals surface area contributed by atoms with Crippen molar-refractivity contribution in [2.24, 2.45) is 5.92 Å². The van der Waals surface area contributed by atoms with Crippen molar-refractivity contribution in [3.05, 3.63) is 34.6 Å². The molecule has 0 aromatic heterocycles. The maximum Gasteiger partial charge on any atom is 0.129 e. The summed E-state index contributed by atoms with van der Waals surface area (Å²) in [6, 6.07) is 6.44. The summed E-state index contributed by atoms with van der Waals surface area (Å²) in [5.41, 5.74) is 0.699. The van der Waals surface area contributed by atoms with Crippen molar-refractivity contribution in [3.63, 3.8) is 0 Å². The van der Waals surface area contributed by atoms with Crippen molar-refractivity contribution < 1.29 is 4.39 Å². The lowest BCUT2D eigenvalue weighted by atomic mass is 9.91. The molecule has 1 aromatic carbocycles. The van der Waals surface area contributed by atoms with Crippen molar-refractivity contribution in [3.8, 4) is 0 Å². The highest BCUT2D eigenvalue weighted by molar-refractivity contribution is 6.30. The van der Waals surface area contributed by atoms with Crippen LogP contribution < -0.4 is 5.32 Å². The zero-order valence-corrected chi connectivity index (χ0v) is 12.7. The third kappa shape index (κ3) is 3.00. The molecule has 0 amide bonds. The molecule has 0 radical (unpaired) electrons. The molecular weight excluding hydrogens is 275 g/mol. The number of fused-ring (bicyclic) bond motifs is 2. The van der Waals surface area contributed by atoms with Gasteiger partial charge in [0.1, 0.15) is 5.82 Å². The van der Waals surface area contributed by atoms with E-state index in [1.54, 1.807) is 12.1 Å². The second kappa shape index (κ2) is 6.00. The van der Waals surface area contributed by atoms with E-state index in [-0.39, 0.29) is 5.82 Å². The molecule has 2 heterocycles. The lowest BCUT2D eigenvalue weighted by Crippen LogP contribution is -2.42. The summed E-state index contributed by atoms with van der Waals surface area (Å²) in [6.07, 6.45) is 5.26. The van der Waals surface area contributed by atoms with E-state index in [9.17, 15) is 4.39 Å². The number of nitrogens with one attached hydrogen (secondary N) is 1. The highest BCUT2D eigenvalue weighted by Crippen LogP contribution is 2.37. The highest BCUT2D eigenvalue weighted by atomic mass is 35.5. The number of piperidine rings is 1. The normalized spacial score (nSPS) is 29.9. The fraction of sp³-hybridized carbons (Fsp3) is 0.625. The van der Waals surface area contributed by atoms with Gasteiger partial charge in [-0.1, -0.05) is 17.7 Å². The van der Waals surface area contributed by atoms with Crippen molar-refractivity contribution in [2.75, 3.05) is 13.6 Å². The molecule has 20 heavy (non-hydrogen) atoms. The van der Waals surface area contributed by atoms with Gasteiger partial charge in [-0.15, -0.1) is 0 Å². The van der Waals surface area contributed by atoms with E-state index in [0.29, 0.717) is 17.1 Å². The quantitative estimate of drug-likeness (QED) is 0.915. The summed E-state index contributed by atoms with van der Waals surface area (Å²) in [5.74, 6) is 0.521. The fourth-order valence-electron chi connectivity index (χ4n) is 3.77. The van der Waals surface area contributed by atoms with Crippen LogP contribution in [0.1, 0.15) is 31.2 Å². The van der Waals surface area contributed by atoms with Crippen LogP contribution in [0.5, 0.6) is 0 Å². The smallest absolute Gasteiger partial charge is 0.129 e. The first-order chi connectivity index (χ1) is 9.63. The van der Waals surface area contributed by atoms with Crippen LogP contribution in [0.3, 0.4) is 0 Å². The molecule has 110 valence electrons. The summed E-state index contributed by atoms with van der Waals surface area (Å²) >= 11 is 5.76. The molecule has 0 saturated carbocycles. The molecule has 2 nitrogen and oxygen atoms in total. The predicted octanol–water partition coefficient (Wildman–Crippen LogP) is 3.44. The Labute approximate surface area is 125 Å². The number of halogens is 2. The van der Waals surface area contributed by atoms with Gasteiger partial charge in [0, 0.05) is 29.2 Å². The molecule has 1 aromatic rings. The third-order valence-electron chi connectivity index (χ3n) is 4.96. The Kier molecular flexibility index (Phi) is 4.29. The van der Waals surface area contributed by atoms with Crippen LogP contribution in [-0.4, -0.2) is 30.6 Å². The molecular formula is C16H22ClFN2. The van der Waals surface area contributed by atoms with Crippen LogP contribution in [0.2, 0.25) is 5.02 Å². The minimum atomic E-state index is -0.214. The van der Waals surface area contributed by atoms with Gasteiger partial charge in [0.25, 0.3) is 0 Å². The summed E-state index contributed by atoms with van der Waals surface area (Å²) in [5, 5.41) is 3.87. The zero-order chi connectivity index (χ0) is 14.1. The highest BCUT2D eigenvalue weighted by Gasteiger charge is 2.37. The van der Waals surface area contributed by atoms with E-state index < -0.39 is 0 Å². The summed E-state index contributed by atoms with van der Waals surface area (Å²) in [6.45, 7) is 1.58. The number of benzene rings is 1. The topological polar surface area (TPSA) is 15.3 Å². The van der Waals surface area contributed by atoms with Gasteiger partial charge in [0.2, 0.25) is 0 Å². The van der Waals surface area contributed by atoms with Crippen LogP contribution in [-0.2, 0) is 6.54 Å². The molecule has 4 heteroatoms. The number of rotatable bonds is 4. The van der Waals surface area contributed by atoms with Gasteiger partial charge in [-0.05, 0) is 57.3 Å². The van der Waals surface area contributed by atoms with E-state index in [0.717, 1.165) is 24.5 Å². The number of nitrogens with zero attached hydrogens (tertiary/aromatic N) is 1. The van der Waals surface area contributed by atoms with E-state index >= 15 is 0 Å². The first kappa shape index (κ1) is 14.3. The third-order valence-corrected chi connectivity index (χ3v) is 5.19. The zero-order valence-electron chi connectivity index (χ0n) is 11.9. The van der Waals surface area contributed by atoms with Crippen molar-refractivity contribution >= 4 is 11.6 Å². The van der Waals surface area contributed by atoms with Gasteiger partial charge >= 0.3 is 0 Å². The second-order valence-corrected chi connectivity index (χ2v) is 6.69. The SMILES string of the molecule is CN1C2CCC1CC(CNCc1ccc(Cl)cc1F)C2. The Balaban J connectivity index is 1.49. The summed E-state index contributed by atoms with van der Waals surface area (Å²) in [7, 11) is 2.26. The van der Waals surface area contributed by atoms with Crippen molar-refractivity contribution in [1.82, 2.24) is 10.2 Å². The maximum absolute atomic E-state index is 13.7. The van der Waals surface area contributed by atoms with Gasteiger partial charge in [0.15, 0.2) is 0 Å². The molecule has 2 bridgehead atoms. The monoisotopic (exact) mass is 296 g/mol. The Bertz CT molecular complexity index is 466. The first-order valence-corrected chi connectivity index (χ1v) is 7.88.